The van der Waals surface area contributed by atoms with Crippen molar-refractivity contribution < 1.29 is 13.6 Å². The summed E-state index contributed by atoms with van der Waals surface area (Å²) in [5.41, 5.74) is 1.14. The van der Waals surface area contributed by atoms with Crippen LogP contribution in [0.3, 0.4) is 0 Å². The predicted molar refractivity (Wildman–Crippen MR) is 118 cm³/mol. The lowest BCUT2D eigenvalue weighted by Crippen LogP contribution is -2.28. The molecule has 0 N–H and O–H groups in total. The maximum absolute atomic E-state index is 14.0. The first-order valence-electron chi connectivity index (χ1n) is 9.39. The van der Waals surface area contributed by atoms with E-state index >= 15 is 0 Å². The molecule has 0 radical (unpaired) electrons. The van der Waals surface area contributed by atoms with Crippen molar-refractivity contribution >= 4 is 29.3 Å². The fraction of sp³-hybridized carbons (Fsp3) is 0.136. The Balaban J connectivity index is 1.53. The van der Waals surface area contributed by atoms with Crippen LogP contribution >= 0.6 is 23.4 Å². The molecular weight excluding hydrogens is 439 g/mol. The highest BCUT2D eigenvalue weighted by molar-refractivity contribution is 7.99. The summed E-state index contributed by atoms with van der Waals surface area (Å²) in [4.78, 5) is 14.1. The number of benzene rings is 2. The van der Waals surface area contributed by atoms with Crippen LogP contribution in [0.4, 0.5) is 4.39 Å². The molecule has 158 valence electrons. The van der Waals surface area contributed by atoms with Gasteiger partial charge >= 0.3 is 0 Å². The van der Waals surface area contributed by atoms with Gasteiger partial charge in [-0.15, -0.1) is 10.2 Å². The first kappa shape index (κ1) is 21.1. The van der Waals surface area contributed by atoms with Crippen LogP contribution in [0, 0.1) is 5.82 Å². The Morgan fingerprint density at radius 2 is 1.94 bits per heavy atom. The van der Waals surface area contributed by atoms with Crippen LogP contribution in [0.2, 0.25) is 5.02 Å². The van der Waals surface area contributed by atoms with Crippen molar-refractivity contribution in [2.45, 2.75) is 11.7 Å². The third kappa shape index (κ3) is 4.65. The fourth-order valence-electron chi connectivity index (χ4n) is 2.98. The lowest BCUT2D eigenvalue weighted by atomic mass is 10.2. The maximum Gasteiger partial charge on any atom is 0.233 e. The molecule has 6 nitrogen and oxygen atoms in total. The van der Waals surface area contributed by atoms with Crippen molar-refractivity contribution in [3.63, 3.8) is 0 Å². The zero-order valence-corrected chi connectivity index (χ0v) is 18.1. The van der Waals surface area contributed by atoms with Gasteiger partial charge in [-0.25, -0.2) is 4.39 Å². The molecule has 0 aliphatic carbocycles. The monoisotopic (exact) mass is 456 g/mol. The van der Waals surface area contributed by atoms with Crippen LogP contribution in [-0.2, 0) is 11.3 Å². The molecule has 2 aromatic heterocycles. The summed E-state index contributed by atoms with van der Waals surface area (Å²) in [7, 11) is 1.61. The van der Waals surface area contributed by atoms with Crippen LogP contribution in [0.25, 0.3) is 17.3 Å². The number of para-hydroxylation sites is 1. The summed E-state index contributed by atoms with van der Waals surface area (Å²) in [6.07, 6.45) is 1.57. The Bertz CT molecular complexity index is 1160. The highest BCUT2D eigenvalue weighted by Crippen LogP contribution is 2.28. The number of hydrogen-bond acceptors (Lipinski definition) is 5. The third-order valence-corrected chi connectivity index (χ3v) is 5.86. The average Bonchev–Trinajstić information content (AvgIpc) is 3.45. The first-order valence-corrected chi connectivity index (χ1v) is 10.8. The van der Waals surface area contributed by atoms with E-state index < -0.39 is 5.82 Å². The second-order valence-corrected chi connectivity index (χ2v) is 8.04. The van der Waals surface area contributed by atoms with E-state index in [0.29, 0.717) is 21.8 Å². The fourth-order valence-corrected chi connectivity index (χ4v) is 4.10. The minimum atomic E-state index is -0.438. The number of carbonyl (C=O) groups is 1. The highest BCUT2D eigenvalue weighted by Gasteiger charge is 2.20. The minimum absolute atomic E-state index is 0.0773. The molecule has 0 bridgehead atoms. The normalized spacial score (nSPS) is 10.9. The van der Waals surface area contributed by atoms with Gasteiger partial charge in [0, 0.05) is 29.9 Å². The Hall–Kier alpha value is -3.10. The number of rotatable bonds is 7. The van der Waals surface area contributed by atoms with Crippen molar-refractivity contribution in [3.05, 3.63) is 83.3 Å². The molecule has 0 saturated heterocycles. The van der Waals surface area contributed by atoms with Crippen molar-refractivity contribution in [3.8, 4) is 17.3 Å². The summed E-state index contributed by atoms with van der Waals surface area (Å²) < 4.78 is 21.4. The summed E-state index contributed by atoms with van der Waals surface area (Å²) in [5, 5.41) is 9.35. The lowest BCUT2D eigenvalue weighted by molar-refractivity contribution is -0.127. The van der Waals surface area contributed by atoms with Crippen molar-refractivity contribution in [1.82, 2.24) is 19.7 Å². The quantitative estimate of drug-likeness (QED) is 0.363. The number of nitrogens with zero attached hydrogens (tertiary/aromatic N) is 4. The summed E-state index contributed by atoms with van der Waals surface area (Å²) in [6, 6.07) is 17.6. The molecule has 0 atom stereocenters. The van der Waals surface area contributed by atoms with Gasteiger partial charge in [0.1, 0.15) is 5.82 Å². The molecule has 2 aromatic carbocycles. The summed E-state index contributed by atoms with van der Waals surface area (Å²) >= 11 is 7.32. The molecule has 1 amide bonds. The van der Waals surface area contributed by atoms with Crippen molar-refractivity contribution in [2.75, 3.05) is 12.8 Å². The van der Waals surface area contributed by atoms with E-state index in [1.54, 1.807) is 31.5 Å². The second kappa shape index (κ2) is 9.36. The molecule has 9 heteroatoms. The molecule has 0 aliphatic rings. The van der Waals surface area contributed by atoms with E-state index in [9.17, 15) is 9.18 Å². The van der Waals surface area contributed by atoms with Crippen molar-refractivity contribution in [2.24, 2.45) is 0 Å². The number of amides is 1. The van der Waals surface area contributed by atoms with E-state index in [1.165, 1.54) is 28.8 Å². The standard InChI is InChI=1S/C22H18ClFN4O2S/c1-27(13-16-17(23)9-5-10-18(16)24)20(29)14-31-22-26-25-21(19-11-6-12-30-19)28(22)15-7-3-2-4-8-15/h2-12H,13-14H2,1H3. The largest absolute Gasteiger partial charge is 0.461 e. The number of thioether (sulfide) groups is 1. The van der Waals surface area contributed by atoms with E-state index in [2.05, 4.69) is 10.2 Å². The maximum atomic E-state index is 14.0. The van der Waals surface area contributed by atoms with Crippen LogP contribution < -0.4 is 0 Å². The van der Waals surface area contributed by atoms with Gasteiger partial charge in [-0.3, -0.25) is 9.36 Å². The summed E-state index contributed by atoms with van der Waals surface area (Å²) in [6.45, 7) is 0.0773. The zero-order valence-electron chi connectivity index (χ0n) is 16.5. The molecule has 0 spiro atoms. The third-order valence-electron chi connectivity index (χ3n) is 4.60. The molecule has 0 fully saturated rings. The van der Waals surface area contributed by atoms with Crippen molar-refractivity contribution in [1.29, 1.82) is 0 Å². The van der Waals surface area contributed by atoms with Gasteiger partial charge in [-0.1, -0.05) is 47.6 Å². The van der Waals surface area contributed by atoms with Crippen LogP contribution in [-0.4, -0.2) is 38.4 Å². The number of carbonyl (C=O) groups excluding carboxylic acids is 1. The van der Waals surface area contributed by atoms with E-state index in [0.717, 1.165) is 5.69 Å². The molecular formula is C22H18ClFN4O2S. The van der Waals surface area contributed by atoms with Crippen LogP contribution in [0.5, 0.6) is 0 Å². The van der Waals surface area contributed by atoms with E-state index in [-0.39, 0.29) is 23.8 Å². The molecule has 4 aromatic rings. The predicted octanol–water partition coefficient (Wildman–Crippen LogP) is 5.07. The average molecular weight is 457 g/mol. The van der Waals surface area contributed by atoms with Crippen LogP contribution in [0.15, 0.2) is 76.5 Å². The molecule has 2 heterocycles. The number of hydrogen-bond donors (Lipinski definition) is 0. The molecule has 0 saturated carbocycles. The second-order valence-electron chi connectivity index (χ2n) is 6.69. The first-order chi connectivity index (χ1) is 15.0. The Morgan fingerprint density at radius 1 is 1.13 bits per heavy atom. The van der Waals surface area contributed by atoms with Gasteiger partial charge in [0.15, 0.2) is 10.9 Å². The van der Waals surface area contributed by atoms with Gasteiger partial charge in [0.05, 0.1) is 12.0 Å². The van der Waals surface area contributed by atoms with E-state index in [4.69, 9.17) is 16.0 Å². The van der Waals surface area contributed by atoms with Gasteiger partial charge in [0.25, 0.3) is 0 Å². The Kier molecular flexibility index (Phi) is 6.39. The molecule has 31 heavy (non-hydrogen) atoms. The Morgan fingerprint density at radius 3 is 2.65 bits per heavy atom. The smallest absolute Gasteiger partial charge is 0.233 e. The number of furan rings is 1. The minimum Gasteiger partial charge on any atom is -0.461 e. The molecule has 4 rings (SSSR count). The van der Waals surface area contributed by atoms with Gasteiger partial charge < -0.3 is 9.32 Å². The molecule has 0 unspecified atom stereocenters. The van der Waals surface area contributed by atoms with E-state index in [1.807, 2.05) is 34.9 Å². The highest BCUT2D eigenvalue weighted by atomic mass is 35.5. The van der Waals surface area contributed by atoms with Gasteiger partial charge in [-0.05, 0) is 36.4 Å². The van der Waals surface area contributed by atoms with Gasteiger partial charge in [0.2, 0.25) is 11.7 Å². The number of aromatic nitrogens is 3. The Labute approximate surface area is 187 Å². The summed E-state index contributed by atoms with van der Waals surface area (Å²) in [5.74, 6) is 0.586. The number of halogens is 2. The molecule has 0 aliphatic heterocycles. The van der Waals surface area contributed by atoms with Gasteiger partial charge in [-0.2, -0.15) is 0 Å². The zero-order chi connectivity index (χ0) is 21.8. The topological polar surface area (TPSA) is 64.2 Å². The van der Waals surface area contributed by atoms with Crippen LogP contribution in [0.1, 0.15) is 5.56 Å². The lowest BCUT2D eigenvalue weighted by Gasteiger charge is -2.18. The SMILES string of the molecule is CN(Cc1c(F)cccc1Cl)C(=O)CSc1nnc(-c2ccco2)n1-c1ccccc1.